The van der Waals surface area contributed by atoms with Crippen LogP contribution in [0.3, 0.4) is 0 Å². The highest BCUT2D eigenvalue weighted by Gasteiger charge is 2.64. The first-order valence-electron chi connectivity index (χ1n) is 9.14. The van der Waals surface area contributed by atoms with E-state index in [1.807, 2.05) is 0 Å². The van der Waals surface area contributed by atoms with Crippen LogP contribution < -0.4 is 5.32 Å². The van der Waals surface area contributed by atoms with E-state index >= 15 is 0 Å². The first kappa shape index (κ1) is 13.5. The molecule has 1 aromatic rings. The molecule has 2 aliphatic carbocycles. The van der Waals surface area contributed by atoms with E-state index in [1.165, 1.54) is 50.8 Å². The maximum absolute atomic E-state index is 6.07. The van der Waals surface area contributed by atoms with Gasteiger partial charge in [0.05, 0.1) is 12.6 Å². The van der Waals surface area contributed by atoms with Gasteiger partial charge in [-0.2, -0.15) is 0 Å². The van der Waals surface area contributed by atoms with Crippen molar-refractivity contribution in [3.63, 3.8) is 0 Å². The molecule has 2 aliphatic heterocycles. The Balaban J connectivity index is 1.32. The molecule has 22 heavy (non-hydrogen) atoms. The Bertz CT molecular complexity index is 563. The van der Waals surface area contributed by atoms with E-state index in [0.717, 1.165) is 37.9 Å². The van der Waals surface area contributed by atoms with E-state index in [4.69, 9.17) is 4.74 Å². The second-order valence-electron chi connectivity index (χ2n) is 7.68. The molecule has 0 amide bonds. The fraction of sp³-hybridized carbons (Fsp3) is 0.882. The summed E-state index contributed by atoms with van der Waals surface area (Å²) in [5.41, 5.74) is 0.436. The molecular formula is C17H26N4O. The van der Waals surface area contributed by atoms with Crippen molar-refractivity contribution in [2.45, 2.75) is 76.6 Å². The van der Waals surface area contributed by atoms with Gasteiger partial charge in [0.25, 0.3) is 0 Å². The van der Waals surface area contributed by atoms with Crippen LogP contribution in [-0.4, -0.2) is 33.5 Å². The van der Waals surface area contributed by atoms with Gasteiger partial charge in [0.1, 0.15) is 11.6 Å². The lowest BCUT2D eigenvalue weighted by Gasteiger charge is -2.57. The van der Waals surface area contributed by atoms with Gasteiger partial charge in [-0.25, -0.2) is 0 Å². The summed E-state index contributed by atoms with van der Waals surface area (Å²) < 4.78 is 8.42. The summed E-state index contributed by atoms with van der Waals surface area (Å²) in [6.07, 6.45) is 10.9. The van der Waals surface area contributed by atoms with Crippen LogP contribution in [0.2, 0.25) is 0 Å². The number of ether oxygens (including phenoxy) is 1. The molecule has 5 nitrogen and oxygen atoms in total. The maximum atomic E-state index is 6.07. The Morgan fingerprint density at radius 1 is 1.18 bits per heavy atom. The summed E-state index contributed by atoms with van der Waals surface area (Å²) in [6, 6.07) is 0.638. The quantitative estimate of drug-likeness (QED) is 0.928. The zero-order chi connectivity index (χ0) is 14.6. The van der Waals surface area contributed by atoms with Crippen molar-refractivity contribution < 1.29 is 4.74 Å². The smallest absolute Gasteiger partial charge is 0.147 e. The molecule has 5 heteroatoms. The summed E-state index contributed by atoms with van der Waals surface area (Å²) in [4.78, 5) is 0. The molecule has 1 N–H and O–H groups in total. The molecule has 1 saturated heterocycles. The highest BCUT2D eigenvalue weighted by molar-refractivity contribution is 5.17. The number of aryl methyl sites for hydroxylation is 1. The van der Waals surface area contributed by atoms with Gasteiger partial charge in [-0.05, 0) is 32.1 Å². The van der Waals surface area contributed by atoms with Crippen LogP contribution >= 0.6 is 0 Å². The number of nitrogens with one attached hydrogen (secondary N) is 1. The number of aromatic nitrogens is 3. The van der Waals surface area contributed by atoms with Gasteiger partial charge in [0.15, 0.2) is 0 Å². The minimum atomic E-state index is 0.436. The number of fused-ring (bicyclic) bond motifs is 3. The van der Waals surface area contributed by atoms with Gasteiger partial charge in [0, 0.05) is 36.9 Å². The molecule has 0 aromatic carbocycles. The average Bonchev–Trinajstić information content (AvgIpc) is 3.26. The molecule has 3 atom stereocenters. The van der Waals surface area contributed by atoms with Crippen molar-refractivity contribution in [1.29, 1.82) is 0 Å². The van der Waals surface area contributed by atoms with Crippen LogP contribution in [-0.2, 0) is 24.2 Å². The monoisotopic (exact) mass is 302 g/mol. The third-order valence-electron chi connectivity index (χ3n) is 6.70. The number of nitrogens with zero attached hydrogens (tertiary/aromatic N) is 3. The Labute approximate surface area is 131 Å². The van der Waals surface area contributed by atoms with Crippen molar-refractivity contribution in [2.24, 2.45) is 11.3 Å². The van der Waals surface area contributed by atoms with Crippen molar-refractivity contribution in [1.82, 2.24) is 20.1 Å². The Morgan fingerprint density at radius 3 is 3.00 bits per heavy atom. The molecule has 0 radical (unpaired) electrons. The predicted octanol–water partition coefficient (Wildman–Crippen LogP) is 2.05. The van der Waals surface area contributed by atoms with Crippen LogP contribution in [0.5, 0.6) is 0 Å². The summed E-state index contributed by atoms with van der Waals surface area (Å²) in [5, 5.41) is 12.7. The summed E-state index contributed by atoms with van der Waals surface area (Å²) in [5.74, 6) is 3.07. The minimum Gasteiger partial charge on any atom is -0.377 e. The molecule has 5 rings (SSSR count). The van der Waals surface area contributed by atoms with Crippen molar-refractivity contribution in [3.8, 4) is 0 Å². The Hall–Kier alpha value is -0.940. The Morgan fingerprint density at radius 2 is 2.09 bits per heavy atom. The van der Waals surface area contributed by atoms with Gasteiger partial charge >= 0.3 is 0 Å². The highest BCUT2D eigenvalue weighted by Crippen LogP contribution is 2.60. The zero-order valence-electron chi connectivity index (χ0n) is 13.3. The zero-order valence-corrected chi connectivity index (χ0v) is 13.3. The fourth-order valence-corrected chi connectivity index (χ4v) is 5.71. The van der Waals surface area contributed by atoms with Gasteiger partial charge < -0.3 is 14.6 Å². The molecule has 120 valence electrons. The lowest BCUT2D eigenvalue weighted by Crippen LogP contribution is -2.67. The second-order valence-corrected chi connectivity index (χ2v) is 7.68. The van der Waals surface area contributed by atoms with E-state index < -0.39 is 0 Å². The van der Waals surface area contributed by atoms with Crippen molar-refractivity contribution in [2.75, 3.05) is 6.61 Å². The fourth-order valence-electron chi connectivity index (χ4n) is 5.71. The number of hydrogen-bond donors (Lipinski definition) is 1. The second kappa shape index (κ2) is 5.03. The lowest BCUT2D eigenvalue weighted by atomic mass is 9.54. The molecule has 4 aliphatic rings. The first-order valence-corrected chi connectivity index (χ1v) is 9.14. The van der Waals surface area contributed by atoms with Crippen LogP contribution in [0.25, 0.3) is 0 Å². The molecule has 1 aromatic heterocycles. The van der Waals surface area contributed by atoms with E-state index in [9.17, 15) is 0 Å². The standard InChI is InChI=1S/C17H26N4O/c1-4-9-21-13(5-1)19-20-14(21)11-18-15-12-6-10-22-16(12)17(15)7-2-3-8-17/h12,15-16,18H,1-11H2/t12-,15+,16+/m0/s1. The van der Waals surface area contributed by atoms with E-state index in [0.29, 0.717) is 17.6 Å². The molecule has 1 spiro atoms. The number of rotatable bonds is 3. The molecular weight excluding hydrogens is 276 g/mol. The van der Waals surface area contributed by atoms with Crippen molar-refractivity contribution in [3.05, 3.63) is 11.6 Å². The van der Waals surface area contributed by atoms with Crippen LogP contribution in [0, 0.1) is 11.3 Å². The van der Waals surface area contributed by atoms with Crippen LogP contribution in [0.1, 0.15) is 56.6 Å². The van der Waals surface area contributed by atoms with Crippen molar-refractivity contribution >= 4 is 0 Å². The SMILES string of the molecule is C1CCn2c(nnc2CN[C@@H]2[C@@H]3CCO[C@H]3C23CCCC3)C1. The predicted molar refractivity (Wildman–Crippen MR) is 82.3 cm³/mol. The van der Waals surface area contributed by atoms with E-state index in [2.05, 4.69) is 20.1 Å². The molecule has 3 fully saturated rings. The van der Waals surface area contributed by atoms with Gasteiger partial charge in [-0.3, -0.25) is 0 Å². The topological polar surface area (TPSA) is 52.0 Å². The summed E-state index contributed by atoms with van der Waals surface area (Å²) in [6.45, 7) is 2.95. The summed E-state index contributed by atoms with van der Waals surface area (Å²) in [7, 11) is 0. The molecule has 0 unspecified atom stereocenters. The third kappa shape index (κ3) is 1.78. The van der Waals surface area contributed by atoms with Gasteiger partial charge in [-0.15, -0.1) is 10.2 Å². The molecule has 2 saturated carbocycles. The Kier molecular flexibility index (Phi) is 3.09. The summed E-state index contributed by atoms with van der Waals surface area (Å²) >= 11 is 0. The molecule has 3 heterocycles. The maximum Gasteiger partial charge on any atom is 0.147 e. The highest BCUT2D eigenvalue weighted by atomic mass is 16.5. The average molecular weight is 302 g/mol. The van der Waals surface area contributed by atoms with Gasteiger partial charge in [-0.1, -0.05) is 12.8 Å². The first-order chi connectivity index (χ1) is 10.9. The largest absolute Gasteiger partial charge is 0.377 e. The molecule has 0 bridgehead atoms. The number of hydrogen-bond acceptors (Lipinski definition) is 4. The lowest BCUT2D eigenvalue weighted by molar-refractivity contribution is -0.131. The normalized spacial score (nSPS) is 35.4. The van der Waals surface area contributed by atoms with E-state index in [1.54, 1.807) is 0 Å². The van der Waals surface area contributed by atoms with Gasteiger partial charge in [0.2, 0.25) is 0 Å². The van der Waals surface area contributed by atoms with E-state index in [-0.39, 0.29) is 0 Å². The third-order valence-corrected chi connectivity index (χ3v) is 6.70. The minimum absolute atomic E-state index is 0.436. The van der Waals surface area contributed by atoms with Crippen LogP contribution in [0.4, 0.5) is 0 Å². The van der Waals surface area contributed by atoms with Crippen LogP contribution in [0.15, 0.2) is 0 Å².